The smallest absolute Gasteiger partial charge is 0.416 e. The van der Waals surface area contributed by atoms with E-state index in [-0.39, 0.29) is 33.6 Å². The van der Waals surface area contributed by atoms with Gasteiger partial charge in [0, 0.05) is 23.6 Å². The number of halogens is 3. The van der Waals surface area contributed by atoms with E-state index in [9.17, 15) is 27.9 Å². The Bertz CT molecular complexity index is 1060. The predicted octanol–water partition coefficient (Wildman–Crippen LogP) is 4.58. The van der Waals surface area contributed by atoms with Gasteiger partial charge in [-0.25, -0.2) is 9.78 Å². The summed E-state index contributed by atoms with van der Waals surface area (Å²) in [5, 5.41) is 12.3. The van der Waals surface area contributed by atoms with Crippen LogP contribution in [0.4, 0.5) is 18.9 Å². The van der Waals surface area contributed by atoms with Crippen LogP contribution < -0.4 is 5.32 Å². The van der Waals surface area contributed by atoms with Crippen molar-refractivity contribution in [2.45, 2.75) is 13.1 Å². The zero-order valence-corrected chi connectivity index (χ0v) is 14.0. The highest BCUT2D eigenvalue weighted by molar-refractivity contribution is 6.05. The quantitative estimate of drug-likeness (QED) is 0.703. The van der Waals surface area contributed by atoms with Crippen LogP contribution in [0.25, 0.3) is 22.2 Å². The number of hydrogen-bond donors (Lipinski definition) is 2. The number of rotatable bonds is 3. The van der Waals surface area contributed by atoms with E-state index >= 15 is 0 Å². The van der Waals surface area contributed by atoms with Crippen molar-refractivity contribution in [1.82, 2.24) is 4.98 Å². The number of carboxylic acids is 1. The standard InChI is InChI=1S/C19H13F3N2O3/c1-10(25)23-13-5-6-16-14(8-13)15(18(26)27)9-17(24-16)11-3-2-4-12(7-11)19(20,21)22/h2-9H,1H3,(H,23,25)(H,26,27). The van der Waals surface area contributed by atoms with Crippen molar-refractivity contribution in [1.29, 1.82) is 0 Å². The average Bonchev–Trinajstić information content (AvgIpc) is 2.59. The first-order valence-electron chi connectivity index (χ1n) is 7.78. The Hall–Kier alpha value is -3.42. The number of carbonyl (C=O) groups is 2. The Morgan fingerprint density at radius 1 is 1.07 bits per heavy atom. The Balaban J connectivity index is 2.19. The molecule has 0 fully saturated rings. The molecule has 3 rings (SSSR count). The van der Waals surface area contributed by atoms with Gasteiger partial charge in [0.25, 0.3) is 0 Å². The third-order valence-electron chi connectivity index (χ3n) is 3.85. The molecule has 1 aromatic heterocycles. The molecule has 1 heterocycles. The molecule has 2 N–H and O–H groups in total. The molecule has 2 aromatic carbocycles. The van der Waals surface area contributed by atoms with Crippen molar-refractivity contribution in [2.24, 2.45) is 0 Å². The predicted molar refractivity (Wildman–Crippen MR) is 93.4 cm³/mol. The maximum Gasteiger partial charge on any atom is 0.416 e. The van der Waals surface area contributed by atoms with Crippen LogP contribution >= 0.6 is 0 Å². The van der Waals surface area contributed by atoms with E-state index in [4.69, 9.17) is 0 Å². The van der Waals surface area contributed by atoms with Gasteiger partial charge in [0.15, 0.2) is 0 Å². The van der Waals surface area contributed by atoms with Crippen molar-refractivity contribution >= 4 is 28.5 Å². The van der Waals surface area contributed by atoms with Crippen LogP contribution in [0.2, 0.25) is 0 Å². The van der Waals surface area contributed by atoms with Gasteiger partial charge in [0.1, 0.15) is 0 Å². The molecular formula is C19H13F3N2O3. The second-order valence-corrected chi connectivity index (χ2v) is 5.85. The van der Waals surface area contributed by atoms with Gasteiger partial charge in [-0.2, -0.15) is 13.2 Å². The summed E-state index contributed by atoms with van der Waals surface area (Å²) in [6.07, 6.45) is -4.52. The number of aromatic nitrogens is 1. The SMILES string of the molecule is CC(=O)Nc1ccc2nc(-c3cccc(C(F)(F)F)c3)cc(C(=O)O)c2c1. The largest absolute Gasteiger partial charge is 0.478 e. The third kappa shape index (κ3) is 3.89. The molecule has 3 aromatic rings. The maximum absolute atomic E-state index is 12.9. The van der Waals surface area contributed by atoms with Crippen molar-refractivity contribution in [2.75, 3.05) is 5.32 Å². The minimum absolute atomic E-state index is 0.110. The topological polar surface area (TPSA) is 79.3 Å². The van der Waals surface area contributed by atoms with Crippen molar-refractivity contribution in [3.05, 3.63) is 59.7 Å². The molecule has 0 aliphatic carbocycles. The first-order chi connectivity index (χ1) is 12.6. The van der Waals surface area contributed by atoms with E-state index < -0.39 is 17.7 Å². The van der Waals surface area contributed by atoms with E-state index in [1.807, 2.05) is 0 Å². The minimum Gasteiger partial charge on any atom is -0.478 e. The van der Waals surface area contributed by atoms with Crippen LogP contribution in [0.1, 0.15) is 22.8 Å². The number of anilines is 1. The Morgan fingerprint density at radius 2 is 1.81 bits per heavy atom. The summed E-state index contributed by atoms with van der Waals surface area (Å²) in [5.74, 6) is -1.57. The summed E-state index contributed by atoms with van der Waals surface area (Å²) in [6, 6.07) is 10.3. The molecule has 8 heteroatoms. The zero-order valence-electron chi connectivity index (χ0n) is 14.0. The van der Waals surface area contributed by atoms with Crippen LogP contribution in [-0.2, 0) is 11.0 Å². The van der Waals surface area contributed by atoms with Gasteiger partial charge in [0.05, 0.1) is 22.3 Å². The number of pyridine rings is 1. The summed E-state index contributed by atoms with van der Waals surface area (Å²) < 4.78 is 38.8. The van der Waals surface area contributed by atoms with Gasteiger partial charge >= 0.3 is 12.1 Å². The number of amides is 1. The number of benzene rings is 2. The third-order valence-corrected chi connectivity index (χ3v) is 3.85. The molecule has 0 aliphatic rings. The number of carbonyl (C=O) groups excluding carboxylic acids is 1. The number of hydrogen-bond acceptors (Lipinski definition) is 3. The number of aromatic carboxylic acids is 1. The molecule has 138 valence electrons. The van der Waals surface area contributed by atoms with Crippen LogP contribution in [0.3, 0.4) is 0 Å². The van der Waals surface area contributed by atoms with Crippen molar-refractivity contribution in [3.8, 4) is 11.3 Å². The van der Waals surface area contributed by atoms with E-state index in [1.54, 1.807) is 0 Å². The van der Waals surface area contributed by atoms with Crippen LogP contribution in [0.5, 0.6) is 0 Å². The summed E-state index contributed by atoms with van der Waals surface area (Å²) in [5.41, 5.74) is -0.0274. The van der Waals surface area contributed by atoms with Crippen LogP contribution in [0, 0.1) is 0 Å². The monoisotopic (exact) mass is 374 g/mol. The van der Waals surface area contributed by atoms with E-state index in [0.29, 0.717) is 5.69 Å². The summed E-state index contributed by atoms with van der Waals surface area (Å²) >= 11 is 0. The molecule has 0 spiro atoms. The highest BCUT2D eigenvalue weighted by Gasteiger charge is 2.30. The van der Waals surface area contributed by atoms with E-state index in [2.05, 4.69) is 10.3 Å². The molecule has 0 bridgehead atoms. The molecular weight excluding hydrogens is 361 g/mol. The molecule has 0 saturated heterocycles. The molecule has 0 radical (unpaired) electrons. The van der Waals surface area contributed by atoms with Crippen LogP contribution in [0.15, 0.2) is 48.5 Å². The number of alkyl halides is 3. The van der Waals surface area contributed by atoms with Crippen LogP contribution in [-0.4, -0.2) is 22.0 Å². The fourth-order valence-electron chi connectivity index (χ4n) is 2.69. The molecule has 5 nitrogen and oxygen atoms in total. The van der Waals surface area contributed by atoms with Gasteiger partial charge < -0.3 is 10.4 Å². The van der Waals surface area contributed by atoms with E-state index in [1.165, 1.54) is 43.3 Å². The second kappa shape index (κ2) is 6.71. The molecule has 0 saturated carbocycles. The second-order valence-electron chi connectivity index (χ2n) is 5.85. The lowest BCUT2D eigenvalue weighted by Crippen LogP contribution is -2.07. The van der Waals surface area contributed by atoms with Gasteiger partial charge in [-0.1, -0.05) is 12.1 Å². The lowest BCUT2D eigenvalue weighted by Gasteiger charge is -2.11. The van der Waals surface area contributed by atoms with E-state index in [0.717, 1.165) is 12.1 Å². The highest BCUT2D eigenvalue weighted by atomic mass is 19.4. The number of carboxylic acid groups (broad SMARTS) is 1. The van der Waals surface area contributed by atoms with Gasteiger partial charge in [-0.3, -0.25) is 4.79 Å². The highest BCUT2D eigenvalue weighted by Crippen LogP contribution is 2.33. The fourth-order valence-corrected chi connectivity index (χ4v) is 2.69. The Labute approximate surface area is 151 Å². The van der Waals surface area contributed by atoms with Gasteiger partial charge in [-0.05, 0) is 36.4 Å². The molecule has 1 amide bonds. The summed E-state index contributed by atoms with van der Waals surface area (Å²) in [6.45, 7) is 1.32. The molecule has 0 unspecified atom stereocenters. The first kappa shape index (κ1) is 18.4. The fraction of sp³-hybridized carbons (Fsp3) is 0.105. The average molecular weight is 374 g/mol. The Kier molecular flexibility index (Phi) is 4.57. The van der Waals surface area contributed by atoms with Gasteiger partial charge in [-0.15, -0.1) is 0 Å². The molecule has 0 aliphatic heterocycles. The minimum atomic E-state index is -4.52. The normalized spacial score (nSPS) is 11.4. The summed E-state index contributed by atoms with van der Waals surface area (Å²) in [4.78, 5) is 27.1. The molecule has 27 heavy (non-hydrogen) atoms. The van der Waals surface area contributed by atoms with Gasteiger partial charge in [0.2, 0.25) is 5.91 Å². The number of nitrogens with one attached hydrogen (secondary N) is 1. The first-order valence-corrected chi connectivity index (χ1v) is 7.78. The number of fused-ring (bicyclic) bond motifs is 1. The number of nitrogens with zero attached hydrogens (tertiary/aromatic N) is 1. The Morgan fingerprint density at radius 3 is 2.44 bits per heavy atom. The molecule has 0 atom stereocenters. The van der Waals surface area contributed by atoms with Crippen molar-refractivity contribution in [3.63, 3.8) is 0 Å². The maximum atomic E-state index is 12.9. The lowest BCUT2D eigenvalue weighted by molar-refractivity contribution is -0.137. The summed E-state index contributed by atoms with van der Waals surface area (Å²) in [7, 11) is 0. The lowest BCUT2D eigenvalue weighted by atomic mass is 10.0. The van der Waals surface area contributed by atoms with Crippen molar-refractivity contribution < 1.29 is 27.9 Å². The zero-order chi connectivity index (χ0) is 19.8.